The zero-order valence-corrected chi connectivity index (χ0v) is 11.8. The molecular weight excluding hydrogens is 308 g/mol. The number of benzene rings is 1. The summed E-state index contributed by atoms with van der Waals surface area (Å²) >= 11 is 3.39. The van der Waals surface area contributed by atoms with E-state index in [9.17, 15) is 4.79 Å². The topological polar surface area (TPSA) is 51.2 Å². The van der Waals surface area contributed by atoms with Crippen molar-refractivity contribution < 1.29 is 9.53 Å². The monoisotopic (exact) mass is 320 g/mol. The number of ether oxygens (including phenoxy) is 1. The largest absolute Gasteiger partial charge is 0.368 e. The summed E-state index contributed by atoms with van der Waals surface area (Å²) in [7, 11) is 0. The van der Waals surface area contributed by atoms with Crippen LogP contribution in [0.2, 0.25) is 0 Å². The Bertz CT molecular complexity index is 624. The molecule has 1 aromatic heterocycles. The van der Waals surface area contributed by atoms with Crippen LogP contribution >= 0.6 is 15.9 Å². The van der Waals surface area contributed by atoms with Gasteiger partial charge in [0.05, 0.1) is 5.69 Å². The lowest BCUT2D eigenvalue weighted by Crippen LogP contribution is -2.27. The van der Waals surface area contributed by atoms with E-state index in [0.29, 0.717) is 16.9 Å². The van der Waals surface area contributed by atoms with Crippen LogP contribution in [0.5, 0.6) is 0 Å². The van der Waals surface area contributed by atoms with Gasteiger partial charge in [-0.25, -0.2) is 4.98 Å². The van der Waals surface area contributed by atoms with Gasteiger partial charge < -0.3 is 10.1 Å². The summed E-state index contributed by atoms with van der Waals surface area (Å²) < 4.78 is 6.03. The van der Waals surface area contributed by atoms with E-state index < -0.39 is 0 Å². The van der Waals surface area contributed by atoms with Crippen LogP contribution in [0.15, 0.2) is 35.1 Å². The first-order valence-electron chi connectivity index (χ1n) is 6.21. The van der Waals surface area contributed by atoms with Gasteiger partial charge in [-0.15, -0.1) is 0 Å². The van der Waals surface area contributed by atoms with Crippen LogP contribution in [0.1, 0.15) is 12.8 Å². The molecule has 5 heteroatoms. The fourth-order valence-corrected chi connectivity index (χ4v) is 2.66. The molecule has 0 aliphatic carbocycles. The van der Waals surface area contributed by atoms with Crippen LogP contribution in [-0.2, 0) is 9.53 Å². The summed E-state index contributed by atoms with van der Waals surface area (Å²) in [5, 5.41) is 4.88. The number of nitrogens with zero attached hydrogens (tertiary/aromatic N) is 1. The molecule has 0 bridgehead atoms. The van der Waals surface area contributed by atoms with Gasteiger partial charge in [0.2, 0.25) is 0 Å². The number of anilines is 1. The molecule has 3 rings (SSSR count). The SMILES string of the molecule is O=C(Nc1c(Br)ncc2ccccc12)[C@H]1CCCO1. The molecule has 1 amide bonds. The summed E-state index contributed by atoms with van der Waals surface area (Å²) in [6.45, 7) is 0.660. The number of aromatic nitrogens is 1. The fraction of sp³-hybridized carbons (Fsp3) is 0.286. The molecule has 1 fully saturated rings. The second-order valence-electron chi connectivity index (χ2n) is 4.50. The summed E-state index contributed by atoms with van der Waals surface area (Å²) in [6.07, 6.45) is 3.15. The van der Waals surface area contributed by atoms with Crippen LogP contribution in [0.3, 0.4) is 0 Å². The minimum absolute atomic E-state index is 0.101. The molecule has 2 aromatic rings. The van der Waals surface area contributed by atoms with E-state index in [-0.39, 0.29) is 12.0 Å². The van der Waals surface area contributed by atoms with Crippen molar-refractivity contribution in [1.29, 1.82) is 0 Å². The van der Waals surface area contributed by atoms with Crippen molar-refractivity contribution in [3.63, 3.8) is 0 Å². The number of fused-ring (bicyclic) bond motifs is 1. The van der Waals surface area contributed by atoms with Crippen molar-refractivity contribution in [2.45, 2.75) is 18.9 Å². The quantitative estimate of drug-likeness (QED) is 0.865. The maximum absolute atomic E-state index is 12.1. The number of pyridine rings is 1. The first kappa shape index (κ1) is 12.6. The van der Waals surface area contributed by atoms with Gasteiger partial charge in [0.25, 0.3) is 5.91 Å². The average molecular weight is 321 g/mol. The normalized spacial score (nSPS) is 18.7. The minimum atomic E-state index is -0.342. The first-order chi connectivity index (χ1) is 9.25. The van der Waals surface area contributed by atoms with E-state index in [0.717, 1.165) is 23.6 Å². The highest BCUT2D eigenvalue weighted by atomic mass is 79.9. The Labute approximate surface area is 119 Å². The third-order valence-electron chi connectivity index (χ3n) is 3.22. The maximum Gasteiger partial charge on any atom is 0.253 e. The van der Waals surface area contributed by atoms with Crippen molar-refractivity contribution in [3.8, 4) is 0 Å². The molecule has 1 aromatic carbocycles. The molecule has 1 aliphatic heterocycles. The van der Waals surface area contributed by atoms with Crippen molar-refractivity contribution in [2.75, 3.05) is 11.9 Å². The second-order valence-corrected chi connectivity index (χ2v) is 5.25. The molecular formula is C14H13BrN2O2. The third kappa shape index (κ3) is 2.48. The predicted octanol–water partition coefficient (Wildman–Crippen LogP) is 3.11. The van der Waals surface area contributed by atoms with Gasteiger partial charge in [-0.3, -0.25) is 4.79 Å². The molecule has 1 aliphatic rings. The Balaban J connectivity index is 1.95. The van der Waals surface area contributed by atoms with Crippen LogP contribution in [0.4, 0.5) is 5.69 Å². The van der Waals surface area contributed by atoms with E-state index in [1.54, 1.807) is 6.20 Å². The first-order valence-corrected chi connectivity index (χ1v) is 7.01. The second kappa shape index (κ2) is 5.27. The van der Waals surface area contributed by atoms with Gasteiger partial charge in [0.15, 0.2) is 0 Å². The van der Waals surface area contributed by atoms with Gasteiger partial charge in [0, 0.05) is 23.6 Å². The smallest absolute Gasteiger partial charge is 0.253 e. The maximum atomic E-state index is 12.1. The highest BCUT2D eigenvalue weighted by Crippen LogP contribution is 2.30. The van der Waals surface area contributed by atoms with Gasteiger partial charge in [-0.2, -0.15) is 0 Å². The number of nitrogens with one attached hydrogen (secondary N) is 1. The van der Waals surface area contributed by atoms with Crippen LogP contribution in [-0.4, -0.2) is 23.6 Å². The van der Waals surface area contributed by atoms with E-state index in [4.69, 9.17) is 4.74 Å². The molecule has 4 nitrogen and oxygen atoms in total. The summed E-state index contributed by atoms with van der Waals surface area (Å²) in [5.74, 6) is -0.101. The standard InChI is InChI=1S/C14H13BrN2O2/c15-13-12(17-14(18)11-6-3-7-19-11)10-5-2-1-4-9(10)8-16-13/h1-2,4-5,8,11H,3,6-7H2,(H,17,18)/t11-/m1/s1. The summed E-state index contributed by atoms with van der Waals surface area (Å²) in [4.78, 5) is 16.4. The molecule has 19 heavy (non-hydrogen) atoms. The molecule has 2 heterocycles. The zero-order chi connectivity index (χ0) is 13.2. The molecule has 0 unspecified atom stereocenters. The van der Waals surface area contributed by atoms with E-state index >= 15 is 0 Å². The fourth-order valence-electron chi connectivity index (χ4n) is 2.25. The molecule has 0 spiro atoms. The Morgan fingerprint density at radius 1 is 1.42 bits per heavy atom. The lowest BCUT2D eigenvalue weighted by Gasteiger charge is -2.13. The number of carbonyl (C=O) groups is 1. The van der Waals surface area contributed by atoms with Gasteiger partial charge in [-0.05, 0) is 28.8 Å². The lowest BCUT2D eigenvalue weighted by atomic mass is 10.1. The van der Waals surface area contributed by atoms with Crippen LogP contribution < -0.4 is 5.32 Å². The van der Waals surface area contributed by atoms with E-state index in [1.807, 2.05) is 24.3 Å². The van der Waals surface area contributed by atoms with Crippen molar-refractivity contribution in [2.24, 2.45) is 0 Å². The number of carbonyl (C=O) groups excluding carboxylic acids is 1. The molecule has 98 valence electrons. The number of halogens is 1. The zero-order valence-electron chi connectivity index (χ0n) is 10.2. The minimum Gasteiger partial charge on any atom is -0.368 e. The molecule has 1 atom stereocenters. The number of hydrogen-bond acceptors (Lipinski definition) is 3. The third-order valence-corrected chi connectivity index (χ3v) is 3.82. The predicted molar refractivity (Wildman–Crippen MR) is 77.0 cm³/mol. The average Bonchev–Trinajstić information content (AvgIpc) is 2.96. The van der Waals surface area contributed by atoms with Gasteiger partial charge >= 0.3 is 0 Å². The molecule has 1 saturated heterocycles. The Kier molecular flexibility index (Phi) is 3.48. The number of amides is 1. The van der Waals surface area contributed by atoms with Crippen molar-refractivity contribution >= 4 is 38.3 Å². The lowest BCUT2D eigenvalue weighted by molar-refractivity contribution is -0.124. The Morgan fingerprint density at radius 3 is 3.05 bits per heavy atom. The highest BCUT2D eigenvalue weighted by molar-refractivity contribution is 9.10. The van der Waals surface area contributed by atoms with Crippen molar-refractivity contribution in [1.82, 2.24) is 4.98 Å². The van der Waals surface area contributed by atoms with Crippen molar-refractivity contribution in [3.05, 3.63) is 35.1 Å². The molecule has 0 saturated carbocycles. The highest BCUT2D eigenvalue weighted by Gasteiger charge is 2.24. The van der Waals surface area contributed by atoms with E-state index in [1.165, 1.54) is 0 Å². The molecule has 1 N–H and O–H groups in total. The molecule has 0 radical (unpaired) electrons. The van der Waals surface area contributed by atoms with Crippen LogP contribution in [0.25, 0.3) is 10.8 Å². The van der Waals surface area contributed by atoms with Crippen LogP contribution in [0, 0.1) is 0 Å². The summed E-state index contributed by atoms with van der Waals surface area (Å²) in [5.41, 5.74) is 0.707. The van der Waals surface area contributed by atoms with E-state index in [2.05, 4.69) is 26.2 Å². The Hall–Kier alpha value is -1.46. The Morgan fingerprint density at radius 2 is 2.26 bits per heavy atom. The number of rotatable bonds is 2. The van der Waals surface area contributed by atoms with Gasteiger partial charge in [0.1, 0.15) is 10.7 Å². The van der Waals surface area contributed by atoms with Gasteiger partial charge in [-0.1, -0.05) is 24.3 Å². The summed E-state index contributed by atoms with van der Waals surface area (Å²) in [6, 6.07) is 7.82. The number of hydrogen-bond donors (Lipinski definition) is 1.